The van der Waals surface area contributed by atoms with Crippen LogP contribution in [0.5, 0.6) is 5.75 Å². The van der Waals surface area contributed by atoms with Crippen molar-refractivity contribution in [3.8, 4) is 5.75 Å². The maximum absolute atomic E-state index is 13.4. The van der Waals surface area contributed by atoms with Gasteiger partial charge in [-0.25, -0.2) is 4.79 Å². The number of nitrogens with zero attached hydrogens (tertiary/aromatic N) is 2. The smallest absolute Gasteiger partial charge is 0.410 e. The number of aryl methyl sites for hydroxylation is 1. The quantitative estimate of drug-likeness (QED) is 0.238. The van der Waals surface area contributed by atoms with E-state index >= 15 is 0 Å². The fourth-order valence-corrected chi connectivity index (χ4v) is 5.68. The molecule has 1 aromatic carbocycles. The summed E-state index contributed by atoms with van der Waals surface area (Å²) in [5.74, 6) is 0.900. The van der Waals surface area contributed by atoms with Crippen molar-refractivity contribution in [2.24, 2.45) is 0 Å². The van der Waals surface area contributed by atoms with Gasteiger partial charge in [-0.1, -0.05) is 26.8 Å². The highest BCUT2D eigenvalue weighted by atomic mass is 127. The predicted molar refractivity (Wildman–Crippen MR) is 155 cm³/mol. The number of benzene rings is 1. The number of amides is 1. The fraction of sp³-hybridized carbons (Fsp3) is 0.571. The molecule has 0 saturated carbocycles. The average Bonchev–Trinajstić information content (AvgIpc) is 2.76. The highest BCUT2D eigenvalue weighted by Gasteiger charge is 2.40. The Morgan fingerprint density at radius 1 is 1.22 bits per heavy atom. The molecule has 36 heavy (non-hydrogen) atoms. The van der Waals surface area contributed by atoms with Crippen molar-refractivity contribution in [2.45, 2.75) is 90.3 Å². The number of carbonyl (C=O) groups excluding carboxylic acids is 1. The summed E-state index contributed by atoms with van der Waals surface area (Å²) < 4.78 is 20.2. The van der Waals surface area contributed by atoms with Gasteiger partial charge in [0, 0.05) is 16.0 Å². The number of hydrogen-bond donors (Lipinski definition) is 0. The van der Waals surface area contributed by atoms with Gasteiger partial charge >= 0.3 is 6.09 Å². The molecule has 2 aromatic rings. The number of pyridine rings is 1. The van der Waals surface area contributed by atoms with Gasteiger partial charge in [0.1, 0.15) is 17.5 Å². The van der Waals surface area contributed by atoms with E-state index in [1.807, 2.05) is 45.2 Å². The maximum atomic E-state index is 13.4. The van der Waals surface area contributed by atoms with Crippen LogP contribution in [-0.2, 0) is 15.6 Å². The molecule has 198 valence electrons. The number of halogens is 1. The maximum Gasteiger partial charge on any atom is 0.410 e. The van der Waals surface area contributed by atoms with Crippen LogP contribution < -0.4 is 4.74 Å². The first-order valence-electron chi connectivity index (χ1n) is 12.7. The van der Waals surface area contributed by atoms with E-state index in [2.05, 4.69) is 73.6 Å². The van der Waals surface area contributed by atoms with E-state index in [1.54, 1.807) is 11.1 Å². The van der Waals surface area contributed by atoms with Crippen molar-refractivity contribution in [1.29, 1.82) is 0 Å². The molecule has 1 aromatic heterocycles. The van der Waals surface area contributed by atoms with Gasteiger partial charge in [0.15, 0.2) is 8.32 Å². The third-order valence-corrected chi connectivity index (χ3v) is 12.0. The molecule has 1 amide bonds. The zero-order valence-electron chi connectivity index (χ0n) is 22.9. The van der Waals surface area contributed by atoms with E-state index in [9.17, 15) is 4.79 Å². The van der Waals surface area contributed by atoms with Crippen LogP contribution in [0.1, 0.15) is 65.2 Å². The molecule has 0 N–H and O–H groups in total. The lowest BCUT2D eigenvalue weighted by molar-refractivity contribution is 0.00490. The SMILES string of the molecule is CC(C)(C)OC(=O)N(C[C@H]1CCc2cc(I)ccc2O1)C[C@H](O[Si](C)(C)C(C)(C)C)c1cccnc1. The molecule has 0 saturated heterocycles. The average molecular weight is 625 g/mol. The molecule has 0 unspecified atom stereocenters. The van der Waals surface area contributed by atoms with Gasteiger partial charge in [-0.05, 0) is 110 Å². The van der Waals surface area contributed by atoms with Crippen LogP contribution in [0.15, 0.2) is 42.7 Å². The number of fused-ring (bicyclic) bond motifs is 1. The number of carbonyl (C=O) groups is 1. The summed E-state index contributed by atoms with van der Waals surface area (Å²) in [7, 11) is -2.14. The zero-order chi connectivity index (χ0) is 26.7. The van der Waals surface area contributed by atoms with E-state index in [0.29, 0.717) is 13.1 Å². The van der Waals surface area contributed by atoms with E-state index in [1.165, 1.54) is 9.13 Å². The van der Waals surface area contributed by atoms with Crippen LogP contribution in [0.25, 0.3) is 0 Å². The van der Waals surface area contributed by atoms with Crippen molar-refractivity contribution < 1.29 is 18.7 Å². The normalized spacial score (nSPS) is 17.1. The molecule has 2 heterocycles. The molecule has 2 atom stereocenters. The first-order valence-corrected chi connectivity index (χ1v) is 16.6. The molecule has 0 radical (unpaired) electrons. The third-order valence-electron chi connectivity index (χ3n) is 6.81. The largest absolute Gasteiger partial charge is 0.488 e. The van der Waals surface area contributed by atoms with E-state index in [4.69, 9.17) is 13.9 Å². The molecule has 3 rings (SSSR count). The second kappa shape index (κ2) is 11.4. The molecule has 0 fully saturated rings. The highest BCUT2D eigenvalue weighted by Crippen LogP contribution is 2.40. The summed E-state index contributed by atoms with van der Waals surface area (Å²) in [5.41, 5.74) is 1.58. The van der Waals surface area contributed by atoms with Gasteiger partial charge < -0.3 is 18.8 Å². The van der Waals surface area contributed by atoms with Gasteiger partial charge in [-0.2, -0.15) is 0 Å². The minimum absolute atomic E-state index is 0.0257. The number of aromatic nitrogens is 1. The Morgan fingerprint density at radius 3 is 2.56 bits per heavy atom. The Kier molecular flexibility index (Phi) is 9.15. The van der Waals surface area contributed by atoms with Crippen LogP contribution in [0.4, 0.5) is 4.79 Å². The van der Waals surface area contributed by atoms with Gasteiger partial charge in [0.2, 0.25) is 0 Å². The molecule has 1 aliphatic rings. The fourth-order valence-electron chi connectivity index (χ4n) is 3.85. The Bertz CT molecular complexity index is 1030. The summed E-state index contributed by atoms with van der Waals surface area (Å²) in [6, 6.07) is 10.2. The van der Waals surface area contributed by atoms with Gasteiger partial charge in [0.25, 0.3) is 0 Å². The lowest BCUT2D eigenvalue weighted by Gasteiger charge is -2.41. The van der Waals surface area contributed by atoms with Gasteiger partial charge in [-0.3, -0.25) is 4.98 Å². The molecule has 6 nitrogen and oxygen atoms in total. The van der Waals surface area contributed by atoms with E-state index < -0.39 is 13.9 Å². The lowest BCUT2D eigenvalue weighted by Crippen LogP contribution is -2.48. The Balaban J connectivity index is 1.87. The summed E-state index contributed by atoms with van der Waals surface area (Å²) >= 11 is 2.33. The molecule has 1 aliphatic heterocycles. The lowest BCUT2D eigenvalue weighted by atomic mass is 10.0. The van der Waals surface area contributed by atoms with Gasteiger partial charge in [-0.15, -0.1) is 0 Å². The number of ether oxygens (including phenoxy) is 2. The molecule has 0 bridgehead atoms. The van der Waals surface area contributed by atoms with Crippen molar-refractivity contribution in [1.82, 2.24) is 9.88 Å². The second-order valence-corrected chi connectivity index (χ2v) is 18.1. The molecule has 0 aliphatic carbocycles. The molecular weight excluding hydrogens is 583 g/mol. The predicted octanol–water partition coefficient (Wildman–Crippen LogP) is 7.38. The minimum Gasteiger partial charge on any atom is -0.488 e. The summed E-state index contributed by atoms with van der Waals surface area (Å²) in [5, 5.41) is 0.0257. The third kappa shape index (κ3) is 7.92. The number of rotatable bonds is 7. The highest BCUT2D eigenvalue weighted by molar-refractivity contribution is 14.1. The van der Waals surface area contributed by atoms with Crippen LogP contribution in [0.3, 0.4) is 0 Å². The molecular formula is C28H41IN2O4Si. The summed E-state index contributed by atoms with van der Waals surface area (Å²) in [6.07, 6.45) is 4.57. The van der Waals surface area contributed by atoms with E-state index in [-0.39, 0.29) is 23.3 Å². The van der Waals surface area contributed by atoms with Crippen LogP contribution in [0.2, 0.25) is 18.1 Å². The Hall–Kier alpha value is -1.65. The topological polar surface area (TPSA) is 60.9 Å². The number of hydrogen-bond acceptors (Lipinski definition) is 5. The Morgan fingerprint density at radius 2 is 1.94 bits per heavy atom. The first-order chi connectivity index (χ1) is 16.6. The Labute approximate surface area is 231 Å². The molecule has 8 heteroatoms. The van der Waals surface area contributed by atoms with Crippen LogP contribution in [-0.4, -0.2) is 49.1 Å². The standard InChI is InChI=1S/C28H41IN2O4Si/c1-27(2,3)34-26(32)31(18-23-13-11-20-16-22(29)12-14-24(20)33-23)19-25(21-10-9-15-30-17-21)35-36(7,8)28(4,5)6/h9-10,12,14-17,23,25H,11,13,18-19H2,1-8H3/t23-,25+/m1/s1. The van der Waals surface area contributed by atoms with Crippen LogP contribution in [0, 0.1) is 3.57 Å². The van der Waals surface area contributed by atoms with Crippen molar-refractivity contribution in [3.63, 3.8) is 0 Å². The van der Waals surface area contributed by atoms with Crippen molar-refractivity contribution in [2.75, 3.05) is 13.1 Å². The van der Waals surface area contributed by atoms with Crippen molar-refractivity contribution in [3.05, 3.63) is 57.4 Å². The second-order valence-electron chi connectivity index (χ2n) is 12.1. The van der Waals surface area contributed by atoms with Crippen LogP contribution >= 0.6 is 22.6 Å². The summed E-state index contributed by atoms with van der Waals surface area (Å²) in [6.45, 7) is 17.6. The molecule has 0 spiro atoms. The van der Waals surface area contributed by atoms with Gasteiger partial charge in [0.05, 0.1) is 19.2 Å². The minimum atomic E-state index is -2.14. The summed E-state index contributed by atoms with van der Waals surface area (Å²) in [4.78, 5) is 19.5. The van der Waals surface area contributed by atoms with Crippen molar-refractivity contribution >= 4 is 37.0 Å². The monoisotopic (exact) mass is 624 g/mol. The zero-order valence-corrected chi connectivity index (χ0v) is 26.1. The van der Waals surface area contributed by atoms with E-state index in [0.717, 1.165) is 24.2 Å². The first kappa shape index (κ1) is 28.9.